The summed E-state index contributed by atoms with van der Waals surface area (Å²) >= 11 is 0. The molecule has 0 amide bonds. The SMILES string of the molecule is C=C1C2C3C=CC(C3)C2C(=C)N1CC1CCC(C)(C)C1. The fourth-order valence-electron chi connectivity index (χ4n) is 5.50. The van der Waals surface area contributed by atoms with Crippen molar-refractivity contribution in [2.75, 3.05) is 6.54 Å². The molecule has 1 nitrogen and oxygen atoms in total. The van der Waals surface area contributed by atoms with Crippen molar-refractivity contribution >= 4 is 0 Å². The second kappa shape index (κ2) is 4.02. The van der Waals surface area contributed by atoms with E-state index < -0.39 is 0 Å². The van der Waals surface area contributed by atoms with Crippen molar-refractivity contribution in [1.29, 1.82) is 0 Å². The Bertz CT molecular complexity index is 468. The Morgan fingerprint density at radius 3 is 2.25 bits per heavy atom. The summed E-state index contributed by atoms with van der Waals surface area (Å²) in [5.74, 6) is 3.68. The second-order valence-electron chi connectivity index (χ2n) is 8.37. The standard InChI is InChI=1S/C19H27N/c1-12-17-15-5-6-16(9-15)18(17)13(2)20(12)11-14-7-8-19(3,4)10-14/h5-6,14-18H,1-2,7-11H2,3-4H3. The maximum absolute atomic E-state index is 4.46. The summed E-state index contributed by atoms with van der Waals surface area (Å²) in [7, 11) is 0. The van der Waals surface area contributed by atoms with Gasteiger partial charge < -0.3 is 4.90 Å². The molecule has 108 valence electrons. The molecule has 3 fully saturated rings. The first kappa shape index (κ1) is 12.7. The van der Waals surface area contributed by atoms with E-state index in [9.17, 15) is 0 Å². The molecule has 0 spiro atoms. The van der Waals surface area contributed by atoms with E-state index in [-0.39, 0.29) is 0 Å². The van der Waals surface area contributed by atoms with Crippen molar-refractivity contribution in [3.05, 3.63) is 36.7 Å². The number of rotatable bonds is 2. The smallest absolute Gasteiger partial charge is 0.0253 e. The van der Waals surface area contributed by atoms with Crippen molar-refractivity contribution in [2.24, 2.45) is 35.0 Å². The van der Waals surface area contributed by atoms with E-state index in [1.54, 1.807) is 0 Å². The van der Waals surface area contributed by atoms with Gasteiger partial charge in [-0.15, -0.1) is 0 Å². The summed E-state index contributed by atoms with van der Waals surface area (Å²) in [5, 5.41) is 0. The highest BCUT2D eigenvalue weighted by Crippen LogP contribution is 2.59. The number of nitrogens with zero attached hydrogens (tertiary/aromatic N) is 1. The molecule has 0 N–H and O–H groups in total. The molecule has 4 aliphatic rings. The van der Waals surface area contributed by atoms with Crippen molar-refractivity contribution in [3.63, 3.8) is 0 Å². The van der Waals surface area contributed by atoms with Gasteiger partial charge in [0.15, 0.2) is 0 Å². The van der Waals surface area contributed by atoms with Gasteiger partial charge in [0, 0.05) is 29.8 Å². The molecule has 1 saturated heterocycles. The Morgan fingerprint density at radius 2 is 1.75 bits per heavy atom. The zero-order valence-corrected chi connectivity index (χ0v) is 12.9. The van der Waals surface area contributed by atoms with Crippen LogP contribution in [0.5, 0.6) is 0 Å². The highest BCUT2D eigenvalue weighted by molar-refractivity contribution is 5.34. The van der Waals surface area contributed by atoms with Crippen molar-refractivity contribution < 1.29 is 0 Å². The van der Waals surface area contributed by atoms with Crippen LogP contribution >= 0.6 is 0 Å². The maximum atomic E-state index is 4.46. The highest BCUT2D eigenvalue weighted by Gasteiger charge is 2.53. The predicted molar refractivity (Wildman–Crippen MR) is 83.8 cm³/mol. The second-order valence-corrected chi connectivity index (χ2v) is 8.37. The Balaban J connectivity index is 1.51. The summed E-state index contributed by atoms with van der Waals surface area (Å²) in [6.45, 7) is 14.9. The van der Waals surface area contributed by atoms with Gasteiger partial charge in [0.05, 0.1) is 0 Å². The van der Waals surface area contributed by atoms with Crippen LogP contribution in [0.4, 0.5) is 0 Å². The number of allylic oxidation sites excluding steroid dienone is 4. The lowest BCUT2D eigenvalue weighted by atomic mass is 9.83. The molecule has 0 aromatic rings. The molecule has 0 aromatic carbocycles. The van der Waals surface area contributed by atoms with E-state index in [0.29, 0.717) is 17.3 Å². The van der Waals surface area contributed by atoms with Crippen LogP contribution in [-0.4, -0.2) is 11.4 Å². The minimum absolute atomic E-state index is 0.545. The first-order chi connectivity index (χ1) is 9.46. The molecule has 2 saturated carbocycles. The van der Waals surface area contributed by atoms with E-state index in [1.165, 1.54) is 43.6 Å². The van der Waals surface area contributed by atoms with Crippen LogP contribution in [0.15, 0.2) is 36.7 Å². The molecule has 5 unspecified atom stereocenters. The van der Waals surface area contributed by atoms with Gasteiger partial charge >= 0.3 is 0 Å². The molecule has 4 rings (SSSR count). The van der Waals surface area contributed by atoms with Crippen LogP contribution < -0.4 is 0 Å². The van der Waals surface area contributed by atoms with E-state index in [1.807, 2.05) is 0 Å². The number of fused-ring (bicyclic) bond motifs is 5. The first-order valence-corrected chi connectivity index (χ1v) is 8.30. The van der Waals surface area contributed by atoms with Gasteiger partial charge in [-0.1, -0.05) is 39.2 Å². The summed E-state index contributed by atoms with van der Waals surface area (Å²) in [6, 6.07) is 0. The first-order valence-electron chi connectivity index (χ1n) is 8.30. The zero-order valence-electron chi connectivity index (χ0n) is 12.9. The minimum atomic E-state index is 0.545. The largest absolute Gasteiger partial charge is 0.349 e. The molecule has 3 aliphatic carbocycles. The van der Waals surface area contributed by atoms with Gasteiger partial charge in [-0.2, -0.15) is 0 Å². The van der Waals surface area contributed by atoms with Gasteiger partial charge in [0.1, 0.15) is 0 Å². The van der Waals surface area contributed by atoms with Gasteiger partial charge in [0.25, 0.3) is 0 Å². The van der Waals surface area contributed by atoms with E-state index in [0.717, 1.165) is 17.8 Å². The summed E-state index contributed by atoms with van der Waals surface area (Å²) in [5.41, 5.74) is 3.30. The highest BCUT2D eigenvalue weighted by atomic mass is 15.2. The van der Waals surface area contributed by atoms with E-state index >= 15 is 0 Å². The quantitative estimate of drug-likeness (QED) is 0.663. The van der Waals surface area contributed by atoms with Crippen LogP contribution in [0.2, 0.25) is 0 Å². The van der Waals surface area contributed by atoms with Gasteiger partial charge in [-0.25, -0.2) is 0 Å². The molecule has 1 heterocycles. The van der Waals surface area contributed by atoms with Crippen molar-refractivity contribution in [1.82, 2.24) is 4.90 Å². The molecule has 0 radical (unpaired) electrons. The van der Waals surface area contributed by atoms with Crippen LogP contribution in [0.1, 0.15) is 39.5 Å². The maximum Gasteiger partial charge on any atom is 0.0253 e. The predicted octanol–water partition coefficient (Wildman–Crippen LogP) is 4.59. The summed E-state index contributed by atoms with van der Waals surface area (Å²) < 4.78 is 0. The van der Waals surface area contributed by atoms with Crippen LogP contribution in [0, 0.1) is 35.0 Å². The number of hydrogen-bond donors (Lipinski definition) is 0. The van der Waals surface area contributed by atoms with Crippen molar-refractivity contribution in [2.45, 2.75) is 39.5 Å². The molecule has 1 heteroatoms. The Morgan fingerprint density at radius 1 is 1.15 bits per heavy atom. The van der Waals surface area contributed by atoms with Gasteiger partial charge in [-0.05, 0) is 48.9 Å². The molecule has 5 atom stereocenters. The Kier molecular flexibility index (Phi) is 2.56. The third kappa shape index (κ3) is 1.68. The lowest BCUT2D eigenvalue weighted by Crippen LogP contribution is -2.25. The fraction of sp³-hybridized carbons (Fsp3) is 0.684. The summed E-state index contributed by atoms with van der Waals surface area (Å²) in [4.78, 5) is 2.51. The Labute approximate surface area is 123 Å². The minimum Gasteiger partial charge on any atom is -0.349 e. The Hall–Kier alpha value is -0.980. The zero-order chi connectivity index (χ0) is 14.1. The summed E-state index contributed by atoms with van der Waals surface area (Å²) in [6.07, 6.45) is 10.3. The van der Waals surface area contributed by atoms with Crippen LogP contribution in [0.3, 0.4) is 0 Å². The number of likely N-dealkylation sites (tertiary alicyclic amines) is 1. The van der Waals surface area contributed by atoms with E-state index in [4.69, 9.17) is 0 Å². The fourth-order valence-corrected chi connectivity index (χ4v) is 5.50. The topological polar surface area (TPSA) is 3.24 Å². The average molecular weight is 269 g/mol. The monoisotopic (exact) mass is 269 g/mol. The average Bonchev–Trinajstić information content (AvgIpc) is 3.10. The van der Waals surface area contributed by atoms with Crippen LogP contribution in [-0.2, 0) is 0 Å². The van der Waals surface area contributed by atoms with E-state index in [2.05, 4.69) is 44.1 Å². The third-order valence-corrected chi connectivity index (χ3v) is 6.43. The lowest BCUT2D eigenvalue weighted by molar-refractivity contribution is 0.308. The lowest BCUT2D eigenvalue weighted by Gasteiger charge is -2.28. The molecular weight excluding hydrogens is 242 g/mol. The molecule has 20 heavy (non-hydrogen) atoms. The molecule has 2 bridgehead atoms. The van der Waals surface area contributed by atoms with Crippen LogP contribution in [0.25, 0.3) is 0 Å². The van der Waals surface area contributed by atoms with Gasteiger partial charge in [-0.3, -0.25) is 0 Å². The van der Waals surface area contributed by atoms with Gasteiger partial charge in [0.2, 0.25) is 0 Å². The molecular formula is C19H27N. The molecule has 0 aromatic heterocycles. The van der Waals surface area contributed by atoms with Crippen molar-refractivity contribution in [3.8, 4) is 0 Å². The molecule has 1 aliphatic heterocycles. The third-order valence-electron chi connectivity index (χ3n) is 6.43. The normalized spacial score (nSPS) is 44.7. The number of hydrogen-bond acceptors (Lipinski definition) is 1.